The van der Waals surface area contributed by atoms with Crippen molar-refractivity contribution in [3.05, 3.63) is 193 Å². The van der Waals surface area contributed by atoms with Gasteiger partial charge in [0.15, 0.2) is 5.69 Å². The average Bonchev–Trinajstić information content (AvgIpc) is 3.86. The number of nitrogens with zero attached hydrogens (tertiary/aromatic N) is 4. The summed E-state index contributed by atoms with van der Waals surface area (Å²) in [6.07, 6.45) is 0. The van der Waals surface area contributed by atoms with E-state index in [-0.39, 0.29) is 0 Å². The number of aromatic nitrogens is 3. The molecule has 3 aromatic heterocycles. The van der Waals surface area contributed by atoms with Gasteiger partial charge in [0, 0.05) is 43.9 Å². The van der Waals surface area contributed by atoms with E-state index in [1.807, 2.05) is 6.07 Å². The molecule has 0 amide bonds. The first-order valence-electron chi connectivity index (χ1n) is 17.9. The second kappa shape index (κ2) is 11.3. The van der Waals surface area contributed by atoms with Crippen molar-refractivity contribution in [2.75, 3.05) is 0 Å². The molecule has 0 aliphatic rings. The van der Waals surface area contributed by atoms with E-state index in [1.165, 1.54) is 32.6 Å². The van der Waals surface area contributed by atoms with Gasteiger partial charge in [-0.15, -0.1) is 0 Å². The maximum atomic E-state index is 7.95. The molecular weight excluding hydrogens is 645 g/mol. The minimum atomic E-state index is 0.633. The van der Waals surface area contributed by atoms with Crippen LogP contribution in [-0.2, 0) is 0 Å². The summed E-state index contributed by atoms with van der Waals surface area (Å²) in [5.41, 5.74) is 13.2. The van der Waals surface area contributed by atoms with Crippen LogP contribution >= 0.6 is 0 Å². The van der Waals surface area contributed by atoms with Gasteiger partial charge in [-0.2, -0.15) is 0 Å². The van der Waals surface area contributed by atoms with Crippen LogP contribution in [0.4, 0.5) is 5.69 Å². The number of fused-ring (bicyclic) bond motifs is 10. The van der Waals surface area contributed by atoms with Crippen molar-refractivity contribution in [2.45, 2.75) is 0 Å². The number of benzene rings is 8. The van der Waals surface area contributed by atoms with Crippen molar-refractivity contribution in [1.29, 1.82) is 0 Å². The van der Waals surface area contributed by atoms with Gasteiger partial charge >= 0.3 is 0 Å². The maximum Gasteiger partial charge on any atom is 0.188 e. The van der Waals surface area contributed by atoms with E-state index >= 15 is 0 Å². The van der Waals surface area contributed by atoms with E-state index in [4.69, 9.17) is 6.57 Å². The normalized spacial score (nSPS) is 11.8. The van der Waals surface area contributed by atoms with Crippen LogP contribution in [0.5, 0.6) is 0 Å². The van der Waals surface area contributed by atoms with Crippen molar-refractivity contribution < 1.29 is 0 Å². The molecule has 0 saturated heterocycles. The summed E-state index contributed by atoms with van der Waals surface area (Å²) in [5.74, 6) is 0. The summed E-state index contributed by atoms with van der Waals surface area (Å²) in [5, 5.41) is 7.07. The van der Waals surface area contributed by atoms with Gasteiger partial charge in [-0.3, -0.25) is 0 Å². The molecule has 8 aromatic carbocycles. The van der Waals surface area contributed by atoms with Crippen LogP contribution in [0.3, 0.4) is 0 Å². The summed E-state index contributed by atoms with van der Waals surface area (Å²) in [6, 6.07) is 64.8. The van der Waals surface area contributed by atoms with Gasteiger partial charge in [-0.25, -0.2) is 4.85 Å². The SMILES string of the molecule is [C-]#[N+]c1ccc2c(c1)c1c3c4ccccc4n(-c4ccccc4)c3ccc1n2-c1ccccc1-c1ccc2c(c1)c1ccccc1n2-c1ccccc1. The number of hydrogen-bond acceptors (Lipinski definition) is 0. The molecule has 11 aromatic rings. The minimum absolute atomic E-state index is 0.633. The highest BCUT2D eigenvalue weighted by atomic mass is 15.0. The third kappa shape index (κ3) is 4.22. The Bertz CT molecular complexity index is 3280. The van der Waals surface area contributed by atoms with Gasteiger partial charge in [-0.1, -0.05) is 103 Å². The lowest BCUT2D eigenvalue weighted by Crippen LogP contribution is -1.97. The molecule has 0 radical (unpaired) electrons. The van der Waals surface area contributed by atoms with E-state index in [0.717, 1.165) is 61.0 Å². The van der Waals surface area contributed by atoms with Gasteiger partial charge in [0.2, 0.25) is 0 Å². The van der Waals surface area contributed by atoms with Crippen molar-refractivity contribution in [1.82, 2.24) is 13.7 Å². The predicted octanol–water partition coefficient (Wildman–Crippen LogP) is 13.2. The molecule has 0 aliphatic carbocycles. The van der Waals surface area contributed by atoms with E-state index in [0.29, 0.717) is 5.69 Å². The molecule has 11 rings (SSSR count). The second-order valence-corrected chi connectivity index (χ2v) is 13.6. The third-order valence-electron chi connectivity index (χ3n) is 10.8. The van der Waals surface area contributed by atoms with Crippen molar-refractivity contribution in [3.8, 4) is 28.2 Å². The third-order valence-corrected chi connectivity index (χ3v) is 10.8. The zero-order valence-electron chi connectivity index (χ0n) is 28.6. The summed E-state index contributed by atoms with van der Waals surface area (Å²) in [4.78, 5) is 3.88. The smallest absolute Gasteiger partial charge is 0.188 e. The molecule has 0 fully saturated rings. The number of rotatable bonds is 4. The minimum Gasteiger partial charge on any atom is -0.309 e. The van der Waals surface area contributed by atoms with Gasteiger partial charge in [0.1, 0.15) is 0 Å². The Hall–Kier alpha value is -7.35. The lowest BCUT2D eigenvalue weighted by atomic mass is 10.0. The molecule has 0 atom stereocenters. The Morgan fingerprint density at radius 2 is 0.868 bits per heavy atom. The standard InChI is InChI=1S/C49H30N4/c1-50-33-25-27-45-40(31-33)49-47(29-28-46-48(49)38-20-10-13-23-43(38)52(46)35-16-6-3-7-17-35)53(45)41-21-11-8-18-36(41)32-24-26-44-39(30-32)37-19-9-12-22-42(37)51(44)34-14-4-2-5-15-34/h2-31H. The first-order valence-corrected chi connectivity index (χ1v) is 17.9. The molecule has 0 aliphatic heterocycles. The Kier molecular flexibility index (Phi) is 6.28. The first-order chi connectivity index (χ1) is 26.3. The lowest BCUT2D eigenvalue weighted by Gasteiger charge is -2.15. The van der Waals surface area contributed by atoms with Crippen molar-refractivity contribution in [3.63, 3.8) is 0 Å². The zero-order valence-corrected chi connectivity index (χ0v) is 28.6. The average molecular weight is 675 g/mol. The summed E-state index contributed by atoms with van der Waals surface area (Å²) in [7, 11) is 0. The van der Waals surface area contributed by atoms with Crippen molar-refractivity contribution in [2.24, 2.45) is 0 Å². The maximum absolute atomic E-state index is 7.95. The predicted molar refractivity (Wildman–Crippen MR) is 221 cm³/mol. The quantitative estimate of drug-likeness (QED) is 0.166. The summed E-state index contributed by atoms with van der Waals surface area (Å²) >= 11 is 0. The van der Waals surface area contributed by atoms with Crippen LogP contribution in [0.15, 0.2) is 182 Å². The lowest BCUT2D eigenvalue weighted by molar-refractivity contribution is 1.17. The Balaban J connectivity index is 1.22. The van der Waals surface area contributed by atoms with Crippen LogP contribution in [0.1, 0.15) is 0 Å². The van der Waals surface area contributed by atoms with Gasteiger partial charge in [0.05, 0.1) is 45.4 Å². The number of para-hydroxylation sites is 5. The molecule has 3 heterocycles. The fourth-order valence-corrected chi connectivity index (χ4v) is 8.65. The molecular formula is C49H30N4. The molecule has 53 heavy (non-hydrogen) atoms. The summed E-state index contributed by atoms with van der Waals surface area (Å²) < 4.78 is 7.12. The van der Waals surface area contributed by atoms with Crippen molar-refractivity contribution >= 4 is 71.1 Å². The van der Waals surface area contributed by atoms with E-state index in [1.54, 1.807) is 0 Å². The van der Waals surface area contributed by atoms with Crippen LogP contribution in [-0.4, -0.2) is 13.7 Å². The topological polar surface area (TPSA) is 19.1 Å². The van der Waals surface area contributed by atoms with Crippen LogP contribution in [0.2, 0.25) is 0 Å². The monoisotopic (exact) mass is 674 g/mol. The molecule has 4 nitrogen and oxygen atoms in total. The molecule has 0 saturated carbocycles. The highest BCUT2D eigenvalue weighted by Gasteiger charge is 2.22. The van der Waals surface area contributed by atoms with Crippen LogP contribution < -0.4 is 0 Å². The molecule has 246 valence electrons. The first kappa shape index (κ1) is 29.4. The molecule has 0 unspecified atom stereocenters. The largest absolute Gasteiger partial charge is 0.309 e. The Labute approximate surface area is 305 Å². The van der Waals surface area contributed by atoms with Gasteiger partial charge in [-0.05, 0) is 89.8 Å². The van der Waals surface area contributed by atoms with Crippen LogP contribution in [0.25, 0.3) is 98.5 Å². The molecule has 0 bridgehead atoms. The molecule has 0 spiro atoms. The van der Waals surface area contributed by atoms with E-state index in [9.17, 15) is 0 Å². The molecule has 4 heteroatoms. The fraction of sp³-hybridized carbons (Fsp3) is 0. The van der Waals surface area contributed by atoms with Crippen LogP contribution in [0, 0.1) is 6.57 Å². The van der Waals surface area contributed by atoms with E-state index in [2.05, 4.69) is 194 Å². The van der Waals surface area contributed by atoms with Gasteiger partial charge in [0.25, 0.3) is 0 Å². The molecule has 0 N–H and O–H groups in total. The zero-order chi connectivity index (χ0) is 35.0. The Morgan fingerprint density at radius 3 is 1.60 bits per heavy atom. The highest BCUT2D eigenvalue weighted by Crippen LogP contribution is 2.45. The summed E-state index contributed by atoms with van der Waals surface area (Å²) in [6.45, 7) is 7.95. The number of hydrogen-bond donors (Lipinski definition) is 0. The van der Waals surface area contributed by atoms with Gasteiger partial charge < -0.3 is 13.7 Å². The highest BCUT2D eigenvalue weighted by molar-refractivity contribution is 6.29. The Morgan fingerprint density at radius 1 is 0.358 bits per heavy atom. The van der Waals surface area contributed by atoms with E-state index < -0.39 is 0 Å². The fourth-order valence-electron chi connectivity index (χ4n) is 8.65. The second-order valence-electron chi connectivity index (χ2n) is 13.6.